The van der Waals surface area contributed by atoms with E-state index in [0.717, 1.165) is 5.56 Å². The van der Waals surface area contributed by atoms with Gasteiger partial charge in [0.1, 0.15) is 28.5 Å². The summed E-state index contributed by atoms with van der Waals surface area (Å²) in [6.07, 6.45) is 5.44. The summed E-state index contributed by atoms with van der Waals surface area (Å²) in [5.41, 5.74) is 8.10. The van der Waals surface area contributed by atoms with Gasteiger partial charge in [0, 0.05) is 6.54 Å². The first-order valence-electron chi connectivity index (χ1n) is 6.62. The van der Waals surface area contributed by atoms with Crippen molar-refractivity contribution in [2.45, 2.75) is 6.54 Å². The second-order valence-corrected chi connectivity index (χ2v) is 5.41. The topological polar surface area (TPSA) is 80.5 Å². The number of halogens is 1. The minimum Gasteiger partial charge on any atom is -0.383 e. The molecule has 0 amide bonds. The van der Waals surface area contributed by atoms with Gasteiger partial charge in [0.25, 0.3) is 0 Å². The van der Waals surface area contributed by atoms with Crippen molar-refractivity contribution < 1.29 is 0 Å². The predicted molar refractivity (Wildman–Crippen MR) is 89.8 cm³/mol. The number of aromatic nitrogens is 3. The van der Waals surface area contributed by atoms with E-state index in [1.165, 1.54) is 6.33 Å². The minimum atomic E-state index is 0.313. The van der Waals surface area contributed by atoms with E-state index in [-0.39, 0.29) is 0 Å². The molecule has 5 nitrogen and oxygen atoms in total. The number of nitrogens with zero attached hydrogens (tertiary/aromatic N) is 4. The van der Waals surface area contributed by atoms with Gasteiger partial charge in [-0.05, 0) is 21.5 Å². The fraction of sp³-hybridized carbons (Fsp3) is 0.0625. The third-order valence-corrected chi connectivity index (χ3v) is 4.14. The second-order valence-electron chi connectivity index (χ2n) is 4.66. The van der Waals surface area contributed by atoms with Crippen LogP contribution in [0.5, 0.6) is 0 Å². The molecule has 0 unspecified atom stereocenters. The summed E-state index contributed by atoms with van der Waals surface area (Å²) in [6.45, 7) is 0.574. The maximum Gasteiger partial charge on any atom is 0.148 e. The Morgan fingerprint density at radius 1 is 1.27 bits per heavy atom. The Morgan fingerprint density at radius 3 is 2.77 bits per heavy atom. The van der Waals surface area contributed by atoms with Gasteiger partial charge in [-0.3, -0.25) is 0 Å². The lowest BCUT2D eigenvalue weighted by Crippen LogP contribution is -1.98. The van der Waals surface area contributed by atoms with E-state index in [9.17, 15) is 5.26 Å². The SMILES string of the molecule is N#Cc1c(Br)n(C/C=C/c2ccccc2)c2ncnc(N)c12. The number of anilines is 1. The molecule has 0 aliphatic rings. The Labute approximate surface area is 135 Å². The predicted octanol–water partition coefficient (Wildman–Crippen LogP) is 3.36. The van der Waals surface area contributed by atoms with Crippen LogP contribution < -0.4 is 5.73 Å². The highest BCUT2D eigenvalue weighted by atomic mass is 79.9. The molecule has 6 heteroatoms. The van der Waals surface area contributed by atoms with E-state index in [2.05, 4.69) is 32.0 Å². The highest BCUT2D eigenvalue weighted by Crippen LogP contribution is 2.31. The fourth-order valence-electron chi connectivity index (χ4n) is 2.29. The lowest BCUT2D eigenvalue weighted by Gasteiger charge is -2.02. The van der Waals surface area contributed by atoms with Crippen LogP contribution in [0.15, 0.2) is 47.3 Å². The van der Waals surface area contributed by atoms with Crippen molar-refractivity contribution in [1.29, 1.82) is 5.26 Å². The van der Waals surface area contributed by atoms with Crippen LogP contribution >= 0.6 is 15.9 Å². The van der Waals surface area contributed by atoms with Crippen molar-refractivity contribution in [3.63, 3.8) is 0 Å². The van der Waals surface area contributed by atoms with Crippen LogP contribution in [0.3, 0.4) is 0 Å². The molecule has 2 N–H and O–H groups in total. The summed E-state index contributed by atoms with van der Waals surface area (Å²) in [4.78, 5) is 8.22. The van der Waals surface area contributed by atoms with E-state index in [1.807, 2.05) is 47.1 Å². The highest BCUT2D eigenvalue weighted by Gasteiger charge is 2.18. The molecule has 0 saturated carbocycles. The largest absolute Gasteiger partial charge is 0.383 e. The summed E-state index contributed by atoms with van der Waals surface area (Å²) < 4.78 is 2.56. The van der Waals surface area contributed by atoms with E-state index in [0.29, 0.717) is 33.6 Å². The van der Waals surface area contributed by atoms with Gasteiger partial charge in [0.2, 0.25) is 0 Å². The van der Waals surface area contributed by atoms with Crippen LogP contribution in [0.1, 0.15) is 11.1 Å². The van der Waals surface area contributed by atoms with Gasteiger partial charge in [-0.1, -0.05) is 42.5 Å². The van der Waals surface area contributed by atoms with Crippen LogP contribution in [-0.4, -0.2) is 14.5 Å². The van der Waals surface area contributed by atoms with E-state index < -0.39 is 0 Å². The van der Waals surface area contributed by atoms with Gasteiger partial charge in [0.15, 0.2) is 0 Å². The third kappa shape index (κ3) is 2.47. The lowest BCUT2D eigenvalue weighted by molar-refractivity contribution is 0.829. The van der Waals surface area contributed by atoms with Gasteiger partial charge < -0.3 is 10.3 Å². The number of hydrogen-bond donors (Lipinski definition) is 1. The summed E-state index contributed by atoms with van der Waals surface area (Å²) in [5, 5.41) is 9.92. The molecule has 0 atom stereocenters. The van der Waals surface area contributed by atoms with Gasteiger partial charge in [0.05, 0.1) is 10.9 Å². The molecule has 1 aromatic carbocycles. The monoisotopic (exact) mass is 353 g/mol. The molecule has 0 bridgehead atoms. The molecule has 0 radical (unpaired) electrons. The van der Waals surface area contributed by atoms with Gasteiger partial charge in [-0.2, -0.15) is 5.26 Å². The molecule has 22 heavy (non-hydrogen) atoms. The number of allylic oxidation sites excluding steroid dienone is 1. The highest BCUT2D eigenvalue weighted by molar-refractivity contribution is 9.10. The van der Waals surface area contributed by atoms with Crippen molar-refractivity contribution in [1.82, 2.24) is 14.5 Å². The number of benzene rings is 1. The average Bonchev–Trinajstić information content (AvgIpc) is 2.82. The number of rotatable bonds is 3. The zero-order chi connectivity index (χ0) is 15.5. The summed E-state index contributed by atoms with van der Waals surface area (Å²) >= 11 is 3.46. The molecule has 0 aliphatic carbocycles. The quantitative estimate of drug-likeness (QED) is 0.782. The maximum atomic E-state index is 9.34. The smallest absolute Gasteiger partial charge is 0.148 e. The van der Waals surface area contributed by atoms with E-state index in [1.54, 1.807) is 0 Å². The molecule has 108 valence electrons. The molecular formula is C16H12BrN5. The Bertz CT molecular complexity index is 890. The number of fused-ring (bicyclic) bond motifs is 1. The first-order valence-corrected chi connectivity index (χ1v) is 7.41. The number of nitrogens with two attached hydrogens (primary N) is 1. The van der Waals surface area contributed by atoms with Crippen molar-refractivity contribution in [3.05, 3.63) is 58.5 Å². The Kier molecular flexibility index (Phi) is 3.90. The summed E-state index contributed by atoms with van der Waals surface area (Å²) in [7, 11) is 0. The Hall–Kier alpha value is -2.65. The van der Waals surface area contributed by atoms with Crippen LogP contribution in [0.2, 0.25) is 0 Å². The summed E-state index contributed by atoms with van der Waals surface area (Å²) in [6, 6.07) is 12.2. The van der Waals surface area contributed by atoms with Crippen molar-refractivity contribution in [3.8, 4) is 6.07 Å². The van der Waals surface area contributed by atoms with Crippen molar-refractivity contribution >= 4 is 38.9 Å². The summed E-state index contributed by atoms with van der Waals surface area (Å²) in [5.74, 6) is 0.313. The zero-order valence-electron chi connectivity index (χ0n) is 11.6. The second kappa shape index (κ2) is 6.00. The first-order chi connectivity index (χ1) is 10.7. The molecule has 0 aliphatic heterocycles. The first kappa shape index (κ1) is 14.3. The van der Waals surface area contributed by atoms with Crippen LogP contribution in [0.25, 0.3) is 17.1 Å². The third-order valence-electron chi connectivity index (χ3n) is 3.32. The minimum absolute atomic E-state index is 0.313. The number of nitriles is 1. The maximum absolute atomic E-state index is 9.34. The normalized spacial score (nSPS) is 11.1. The fourth-order valence-corrected chi connectivity index (χ4v) is 2.89. The van der Waals surface area contributed by atoms with Crippen LogP contribution in [-0.2, 0) is 6.54 Å². The molecule has 3 rings (SSSR count). The van der Waals surface area contributed by atoms with Crippen LogP contribution in [0, 0.1) is 11.3 Å². The van der Waals surface area contributed by atoms with Crippen LogP contribution in [0.4, 0.5) is 5.82 Å². The van der Waals surface area contributed by atoms with Crippen molar-refractivity contribution in [2.75, 3.05) is 5.73 Å². The van der Waals surface area contributed by atoms with E-state index in [4.69, 9.17) is 5.73 Å². The van der Waals surface area contributed by atoms with E-state index >= 15 is 0 Å². The molecule has 3 aromatic rings. The zero-order valence-corrected chi connectivity index (χ0v) is 13.2. The molecule has 0 spiro atoms. The molecule has 2 aromatic heterocycles. The van der Waals surface area contributed by atoms with Gasteiger partial charge >= 0.3 is 0 Å². The Morgan fingerprint density at radius 2 is 2.05 bits per heavy atom. The van der Waals surface area contributed by atoms with Gasteiger partial charge in [-0.25, -0.2) is 9.97 Å². The van der Waals surface area contributed by atoms with Gasteiger partial charge in [-0.15, -0.1) is 0 Å². The molecular weight excluding hydrogens is 342 g/mol. The molecule has 0 fully saturated rings. The molecule has 0 saturated heterocycles. The Balaban J connectivity index is 2.01. The standard InChI is InChI=1S/C16H12BrN5/c17-14-12(9-18)13-15(19)20-10-21-16(13)22(14)8-4-7-11-5-2-1-3-6-11/h1-7,10H,8H2,(H2,19,20,21)/b7-4+. The number of hydrogen-bond acceptors (Lipinski definition) is 4. The molecule has 2 heterocycles. The lowest BCUT2D eigenvalue weighted by atomic mass is 10.2. The average molecular weight is 354 g/mol. The number of nitrogen functional groups attached to an aromatic ring is 1. The van der Waals surface area contributed by atoms with Crippen molar-refractivity contribution in [2.24, 2.45) is 0 Å².